The summed E-state index contributed by atoms with van der Waals surface area (Å²) in [5, 5.41) is 1.95. The molecule has 0 aliphatic rings. The zero-order valence-corrected chi connectivity index (χ0v) is 10.1. The SMILES string of the molecule is COc1ccc(F)cc1C(NN)c1cccs1. The van der Waals surface area contributed by atoms with E-state index in [4.69, 9.17) is 10.6 Å². The maximum absolute atomic E-state index is 13.3. The zero-order chi connectivity index (χ0) is 12.3. The molecule has 1 aromatic heterocycles. The molecular formula is C12H13FN2OS. The molecule has 2 rings (SSSR count). The first-order valence-corrected chi connectivity index (χ1v) is 5.97. The van der Waals surface area contributed by atoms with Crippen LogP contribution in [0.4, 0.5) is 4.39 Å². The van der Waals surface area contributed by atoms with E-state index in [2.05, 4.69) is 5.43 Å². The van der Waals surface area contributed by atoms with Crippen molar-refractivity contribution in [2.24, 2.45) is 5.84 Å². The number of hydrogen-bond acceptors (Lipinski definition) is 4. The van der Waals surface area contributed by atoms with Gasteiger partial charge in [0.05, 0.1) is 13.2 Å². The third kappa shape index (κ3) is 2.46. The highest BCUT2D eigenvalue weighted by Gasteiger charge is 2.18. The van der Waals surface area contributed by atoms with Gasteiger partial charge in [0.15, 0.2) is 0 Å². The molecule has 0 saturated heterocycles. The van der Waals surface area contributed by atoms with Gasteiger partial charge in [0, 0.05) is 10.4 Å². The third-order valence-corrected chi connectivity index (χ3v) is 3.43. The van der Waals surface area contributed by atoms with E-state index >= 15 is 0 Å². The van der Waals surface area contributed by atoms with E-state index in [-0.39, 0.29) is 11.9 Å². The predicted octanol–water partition coefficient (Wildman–Crippen LogP) is 2.45. The van der Waals surface area contributed by atoms with E-state index in [0.717, 1.165) is 4.88 Å². The average molecular weight is 252 g/mol. The van der Waals surface area contributed by atoms with Crippen molar-refractivity contribution >= 4 is 11.3 Å². The van der Waals surface area contributed by atoms with Crippen molar-refractivity contribution in [1.29, 1.82) is 0 Å². The van der Waals surface area contributed by atoms with Gasteiger partial charge in [0.2, 0.25) is 0 Å². The molecule has 1 heterocycles. The second-order valence-electron chi connectivity index (χ2n) is 3.50. The number of ether oxygens (including phenoxy) is 1. The molecular weight excluding hydrogens is 239 g/mol. The van der Waals surface area contributed by atoms with Crippen LogP contribution in [0.1, 0.15) is 16.5 Å². The molecule has 3 N–H and O–H groups in total. The fraction of sp³-hybridized carbons (Fsp3) is 0.167. The van der Waals surface area contributed by atoms with E-state index in [1.54, 1.807) is 24.5 Å². The predicted molar refractivity (Wildman–Crippen MR) is 66.4 cm³/mol. The monoisotopic (exact) mass is 252 g/mol. The fourth-order valence-electron chi connectivity index (χ4n) is 1.71. The Labute approximate surface area is 103 Å². The summed E-state index contributed by atoms with van der Waals surface area (Å²) in [4.78, 5) is 1.01. The summed E-state index contributed by atoms with van der Waals surface area (Å²) in [5.41, 5.74) is 3.38. The van der Waals surface area contributed by atoms with Gasteiger partial charge < -0.3 is 4.74 Å². The maximum Gasteiger partial charge on any atom is 0.124 e. The second kappa shape index (κ2) is 5.27. The average Bonchev–Trinajstić information content (AvgIpc) is 2.84. The van der Waals surface area contributed by atoms with Gasteiger partial charge in [-0.2, -0.15) is 0 Å². The number of nitrogens with two attached hydrogens (primary N) is 1. The highest BCUT2D eigenvalue weighted by atomic mass is 32.1. The van der Waals surface area contributed by atoms with E-state index in [0.29, 0.717) is 11.3 Å². The van der Waals surface area contributed by atoms with Gasteiger partial charge in [-0.1, -0.05) is 6.07 Å². The van der Waals surface area contributed by atoms with Crippen molar-refractivity contribution in [1.82, 2.24) is 5.43 Å². The molecule has 1 atom stereocenters. The van der Waals surface area contributed by atoms with Gasteiger partial charge in [-0.15, -0.1) is 11.3 Å². The smallest absolute Gasteiger partial charge is 0.124 e. The summed E-state index contributed by atoms with van der Waals surface area (Å²) in [6, 6.07) is 8.01. The van der Waals surface area contributed by atoms with Crippen LogP contribution < -0.4 is 16.0 Å². The van der Waals surface area contributed by atoms with Crippen molar-refractivity contribution in [3.05, 3.63) is 52.0 Å². The van der Waals surface area contributed by atoms with Crippen LogP contribution in [0.3, 0.4) is 0 Å². The number of nitrogens with one attached hydrogen (secondary N) is 1. The molecule has 0 spiro atoms. The molecule has 1 aromatic carbocycles. The van der Waals surface area contributed by atoms with Gasteiger partial charge in [0.1, 0.15) is 11.6 Å². The number of methoxy groups -OCH3 is 1. The Morgan fingerprint density at radius 3 is 2.82 bits per heavy atom. The van der Waals surface area contributed by atoms with Crippen molar-refractivity contribution in [2.75, 3.05) is 7.11 Å². The Morgan fingerprint density at radius 1 is 1.41 bits per heavy atom. The number of halogens is 1. The first-order chi connectivity index (χ1) is 8.26. The van der Waals surface area contributed by atoms with E-state index in [1.807, 2.05) is 17.5 Å². The molecule has 1 unspecified atom stereocenters. The lowest BCUT2D eigenvalue weighted by Crippen LogP contribution is -2.28. The Morgan fingerprint density at radius 2 is 2.24 bits per heavy atom. The van der Waals surface area contributed by atoms with E-state index in [9.17, 15) is 4.39 Å². The molecule has 5 heteroatoms. The second-order valence-corrected chi connectivity index (χ2v) is 4.48. The van der Waals surface area contributed by atoms with Crippen LogP contribution in [0.2, 0.25) is 0 Å². The number of hydrazine groups is 1. The largest absolute Gasteiger partial charge is 0.496 e. The first-order valence-electron chi connectivity index (χ1n) is 5.09. The summed E-state index contributed by atoms with van der Waals surface area (Å²) < 4.78 is 18.5. The van der Waals surface area contributed by atoms with Crippen LogP contribution >= 0.6 is 11.3 Å². The number of hydrogen-bond donors (Lipinski definition) is 2. The van der Waals surface area contributed by atoms with Crippen molar-refractivity contribution in [3.63, 3.8) is 0 Å². The van der Waals surface area contributed by atoms with E-state index in [1.165, 1.54) is 12.1 Å². The van der Waals surface area contributed by atoms with Gasteiger partial charge in [-0.3, -0.25) is 5.84 Å². The van der Waals surface area contributed by atoms with Crippen LogP contribution in [-0.4, -0.2) is 7.11 Å². The minimum atomic E-state index is -0.308. The number of thiophene rings is 1. The highest BCUT2D eigenvalue weighted by Crippen LogP contribution is 2.32. The molecule has 0 aliphatic carbocycles. The molecule has 0 fully saturated rings. The lowest BCUT2D eigenvalue weighted by molar-refractivity contribution is 0.403. The fourth-order valence-corrected chi connectivity index (χ4v) is 2.51. The Bertz CT molecular complexity index is 487. The topological polar surface area (TPSA) is 47.3 Å². The Balaban J connectivity index is 2.46. The molecule has 3 nitrogen and oxygen atoms in total. The molecule has 0 amide bonds. The number of benzene rings is 1. The van der Waals surface area contributed by atoms with Crippen LogP contribution in [-0.2, 0) is 0 Å². The molecule has 90 valence electrons. The van der Waals surface area contributed by atoms with Crippen LogP contribution in [0.5, 0.6) is 5.75 Å². The molecule has 0 radical (unpaired) electrons. The molecule has 0 saturated carbocycles. The highest BCUT2D eigenvalue weighted by molar-refractivity contribution is 7.10. The van der Waals surface area contributed by atoms with E-state index < -0.39 is 0 Å². The number of rotatable bonds is 4. The molecule has 0 bridgehead atoms. The maximum atomic E-state index is 13.3. The summed E-state index contributed by atoms with van der Waals surface area (Å²) in [6.07, 6.45) is 0. The van der Waals surface area contributed by atoms with Crippen LogP contribution in [0, 0.1) is 5.82 Å². The van der Waals surface area contributed by atoms with Gasteiger partial charge in [-0.05, 0) is 29.6 Å². The van der Waals surface area contributed by atoms with Gasteiger partial charge >= 0.3 is 0 Å². The van der Waals surface area contributed by atoms with Gasteiger partial charge in [-0.25, -0.2) is 9.82 Å². The standard InChI is InChI=1S/C12H13FN2OS/c1-16-10-5-4-8(13)7-9(10)12(15-14)11-3-2-6-17-11/h2-7,12,15H,14H2,1H3. The summed E-state index contributed by atoms with van der Waals surface area (Å²) in [6.45, 7) is 0. The first kappa shape index (κ1) is 12.0. The van der Waals surface area contributed by atoms with Crippen molar-refractivity contribution in [2.45, 2.75) is 6.04 Å². The molecule has 2 aromatic rings. The minimum Gasteiger partial charge on any atom is -0.496 e. The van der Waals surface area contributed by atoms with Crippen molar-refractivity contribution < 1.29 is 9.13 Å². The minimum absolute atomic E-state index is 0.263. The molecule has 0 aliphatic heterocycles. The third-order valence-electron chi connectivity index (χ3n) is 2.50. The Kier molecular flexibility index (Phi) is 3.73. The summed E-state index contributed by atoms with van der Waals surface area (Å²) in [5.74, 6) is 5.85. The molecule has 17 heavy (non-hydrogen) atoms. The summed E-state index contributed by atoms with van der Waals surface area (Å²) in [7, 11) is 1.55. The van der Waals surface area contributed by atoms with Crippen molar-refractivity contribution in [3.8, 4) is 5.75 Å². The van der Waals surface area contributed by atoms with Gasteiger partial charge in [0.25, 0.3) is 0 Å². The summed E-state index contributed by atoms with van der Waals surface area (Å²) >= 11 is 1.55. The zero-order valence-electron chi connectivity index (χ0n) is 9.31. The lowest BCUT2D eigenvalue weighted by Gasteiger charge is -2.17. The lowest BCUT2D eigenvalue weighted by atomic mass is 10.0. The van der Waals surface area contributed by atoms with Crippen LogP contribution in [0.15, 0.2) is 35.7 Å². The Hall–Kier alpha value is -1.43. The normalized spacial score (nSPS) is 12.4. The quantitative estimate of drug-likeness (QED) is 0.649. The van der Waals surface area contributed by atoms with Crippen LogP contribution in [0.25, 0.3) is 0 Å².